The quantitative estimate of drug-likeness (QED) is 0.632. The molecule has 0 spiro atoms. The van der Waals surface area contributed by atoms with E-state index < -0.39 is 5.54 Å². The van der Waals surface area contributed by atoms with Crippen LogP contribution >= 0.6 is 0 Å². The minimum Gasteiger partial charge on any atom is -0.465 e. The van der Waals surface area contributed by atoms with Crippen LogP contribution in [0.1, 0.15) is 20.3 Å². The molecule has 0 aromatic carbocycles. The average Bonchev–Trinajstić information content (AvgIpc) is 2.11. The first-order valence-corrected chi connectivity index (χ1v) is 4.65. The van der Waals surface area contributed by atoms with Gasteiger partial charge in [0.2, 0.25) is 0 Å². The third-order valence-corrected chi connectivity index (χ3v) is 2.56. The molecule has 1 aliphatic heterocycles. The molecule has 2 atom stereocenters. The first kappa shape index (κ1) is 10.5. The van der Waals surface area contributed by atoms with E-state index in [0.717, 1.165) is 0 Å². The van der Waals surface area contributed by atoms with Crippen LogP contribution in [0.25, 0.3) is 0 Å². The van der Waals surface area contributed by atoms with Crippen LogP contribution in [0, 0.1) is 5.92 Å². The van der Waals surface area contributed by atoms with Crippen molar-refractivity contribution in [2.75, 3.05) is 19.8 Å². The van der Waals surface area contributed by atoms with Gasteiger partial charge in [0.15, 0.2) is 0 Å². The van der Waals surface area contributed by atoms with Crippen molar-refractivity contribution < 1.29 is 14.3 Å². The molecule has 2 N–H and O–H groups in total. The molecule has 4 nitrogen and oxygen atoms in total. The van der Waals surface area contributed by atoms with E-state index in [9.17, 15) is 4.79 Å². The highest BCUT2D eigenvalue weighted by molar-refractivity contribution is 5.81. The molecule has 13 heavy (non-hydrogen) atoms. The summed E-state index contributed by atoms with van der Waals surface area (Å²) in [5.41, 5.74) is 5.14. The average molecular weight is 187 g/mol. The maximum atomic E-state index is 11.5. The maximum Gasteiger partial charge on any atom is 0.326 e. The summed E-state index contributed by atoms with van der Waals surface area (Å²) < 4.78 is 10.2. The van der Waals surface area contributed by atoms with Gasteiger partial charge in [-0.25, -0.2) is 0 Å². The summed E-state index contributed by atoms with van der Waals surface area (Å²) in [6, 6.07) is 0. The Kier molecular flexibility index (Phi) is 3.27. The molecule has 0 aliphatic carbocycles. The van der Waals surface area contributed by atoms with E-state index in [-0.39, 0.29) is 11.9 Å². The predicted octanol–water partition coefficient (Wildman–Crippen LogP) is 0.303. The molecule has 0 aromatic rings. The summed E-state index contributed by atoms with van der Waals surface area (Å²) in [4.78, 5) is 11.5. The topological polar surface area (TPSA) is 61.5 Å². The predicted molar refractivity (Wildman–Crippen MR) is 48.2 cm³/mol. The van der Waals surface area contributed by atoms with Crippen LogP contribution in [0.15, 0.2) is 0 Å². The maximum absolute atomic E-state index is 11.5. The number of carbonyl (C=O) groups is 1. The zero-order valence-electron chi connectivity index (χ0n) is 8.21. The van der Waals surface area contributed by atoms with Gasteiger partial charge in [-0.1, -0.05) is 6.92 Å². The third kappa shape index (κ3) is 2.00. The Morgan fingerprint density at radius 1 is 1.77 bits per heavy atom. The highest BCUT2D eigenvalue weighted by Gasteiger charge is 2.43. The molecular weight excluding hydrogens is 170 g/mol. The number of hydrogen-bond acceptors (Lipinski definition) is 4. The van der Waals surface area contributed by atoms with Gasteiger partial charge in [-0.15, -0.1) is 0 Å². The van der Waals surface area contributed by atoms with Gasteiger partial charge in [0.25, 0.3) is 0 Å². The summed E-state index contributed by atoms with van der Waals surface area (Å²) >= 11 is 0. The van der Waals surface area contributed by atoms with Crippen LogP contribution in [-0.2, 0) is 14.3 Å². The van der Waals surface area contributed by atoms with E-state index in [1.807, 2.05) is 6.92 Å². The van der Waals surface area contributed by atoms with Gasteiger partial charge in [0, 0.05) is 12.5 Å². The van der Waals surface area contributed by atoms with Gasteiger partial charge < -0.3 is 15.2 Å². The number of hydrogen-bond donors (Lipinski definition) is 1. The monoisotopic (exact) mass is 187 g/mol. The van der Waals surface area contributed by atoms with Crippen LogP contribution < -0.4 is 5.73 Å². The van der Waals surface area contributed by atoms with Crippen LogP contribution in [0.5, 0.6) is 0 Å². The lowest BCUT2D eigenvalue weighted by Crippen LogP contribution is -2.58. The van der Waals surface area contributed by atoms with E-state index in [1.165, 1.54) is 0 Å². The number of ether oxygens (including phenoxy) is 2. The molecule has 1 saturated heterocycles. The lowest BCUT2D eigenvalue weighted by atomic mass is 9.82. The summed E-state index contributed by atoms with van der Waals surface area (Å²) in [5.74, 6) is -0.272. The molecule has 76 valence electrons. The van der Waals surface area contributed by atoms with Crippen molar-refractivity contribution in [3.05, 3.63) is 0 Å². The van der Waals surface area contributed by atoms with Crippen LogP contribution in [0.4, 0.5) is 0 Å². The molecule has 0 amide bonds. The third-order valence-electron chi connectivity index (χ3n) is 2.56. The summed E-state index contributed by atoms with van der Waals surface area (Å²) in [6.07, 6.45) is 0.549. The van der Waals surface area contributed by atoms with Crippen molar-refractivity contribution >= 4 is 5.97 Å². The summed E-state index contributed by atoms with van der Waals surface area (Å²) in [5, 5.41) is 0. The fourth-order valence-corrected chi connectivity index (χ4v) is 1.46. The highest BCUT2D eigenvalue weighted by atomic mass is 16.5. The zero-order chi connectivity index (χ0) is 9.90. The fraction of sp³-hybridized carbons (Fsp3) is 0.889. The summed E-state index contributed by atoms with van der Waals surface area (Å²) in [6.45, 7) is 5.15. The smallest absolute Gasteiger partial charge is 0.326 e. The summed E-state index contributed by atoms with van der Waals surface area (Å²) in [7, 11) is 0. The number of rotatable bonds is 2. The molecule has 0 saturated carbocycles. The van der Waals surface area contributed by atoms with Gasteiger partial charge in [0.05, 0.1) is 13.2 Å². The Hall–Kier alpha value is -0.610. The van der Waals surface area contributed by atoms with E-state index in [1.54, 1.807) is 6.92 Å². The fourth-order valence-electron chi connectivity index (χ4n) is 1.46. The zero-order valence-corrected chi connectivity index (χ0v) is 8.21. The van der Waals surface area contributed by atoms with Crippen LogP contribution in [0.2, 0.25) is 0 Å². The Labute approximate surface area is 78.4 Å². The van der Waals surface area contributed by atoms with Crippen LogP contribution in [-0.4, -0.2) is 31.3 Å². The second-order valence-corrected chi connectivity index (χ2v) is 3.49. The van der Waals surface area contributed by atoms with Gasteiger partial charge in [-0.2, -0.15) is 0 Å². The lowest BCUT2D eigenvalue weighted by Gasteiger charge is -2.36. The van der Waals surface area contributed by atoms with Crippen LogP contribution in [0.3, 0.4) is 0 Å². The normalized spacial score (nSPS) is 34.2. The molecule has 1 fully saturated rings. The first-order chi connectivity index (χ1) is 6.11. The van der Waals surface area contributed by atoms with E-state index in [2.05, 4.69) is 0 Å². The van der Waals surface area contributed by atoms with Gasteiger partial charge in [-0.3, -0.25) is 4.79 Å². The van der Waals surface area contributed by atoms with E-state index in [4.69, 9.17) is 15.2 Å². The Morgan fingerprint density at radius 3 is 3.00 bits per heavy atom. The Bertz CT molecular complexity index is 195. The van der Waals surface area contributed by atoms with Gasteiger partial charge in [-0.05, 0) is 13.3 Å². The molecular formula is C9H17NO3. The van der Waals surface area contributed by atoms with E-state index in [0.29, 0.717) is 26.2 Å². The highest BCUT2D eigenvalue weighted by Crippen LogP contribution is 2.25. The van der Waals surface area contributed by atoms with Crippen molar-refractivity contribution in [2.24, 2.45) is 11.7 Å². The van der Waals surface area contributed by atoms with Crippen molar-refractivity contribution in [1.29, 1.82) is 0 Å². The molecule has 1 rings (SSSR count). The SMILES string of the molecule is CCOC(=O)C1(N)CCOCC1C. The van der Waals surface area contributed by atoms with Gasteiger partial charge >= 0.3 is 5.97 Å². The molecule has 2 unspecified atom stereocenters. The lowest BCUT2D eigenvalue weighted by molar-refractivity contribution is -0.156. The van der Waals surface area contributed by atoms with Crippen molar-refractivity contribution in [3.63, 3.8) is 0 Å². The second kappa shape index (κ2) is 4.07. The van der Waals surface area contributed by atoms with Crippen molar-refractivity contribution in [2.45, 2.75) is 25.8 Å². The molecule has 4 heteroatoms. The van der Waals surface area contributed by atoms with Gasteiger partial charge in [0.1, 0.15) is 5.54 Å². The van der Waals surface area contributed by atoms with Crippen molar-refractivity contribution in [1.82, 2.24) is 0 Å². The molecule has 0 radical (unpaired) electrons. The minimum absolute atomic E-state index is 0.0281. The number of esters is 1. The molecule has 1 aliphatic rings. The Balaban J connectivity index is 2.65. The van der Waals surface area contributed by atoms with E-state index >= 15 is 0 Å². The standard InChI is InChI=1S/C9H17NO3/c1-3-13-8(11)9(10)4-5-12-6-7(9)2/h7H,3-6,10H2,1-2H3. The van der Waals surface area contributed by atoms with Crippen molar-refractivity contribution in [3.8, 4) is 0 Å². The number of nitrogens with two attached hydrogens (primary N) is 1. The molecule has 0 bridgehead atoms. The number of carbonyl (C=O) groups excluding carboxylic acids is 1. The Morgan fingerprint density at radius 2 is 2.46 bits per heavy atom. The largest absolute Gasteiger partial charge is 0.465 e. The molecule has 0 aromatic heterocycles. The first-order valence-electron chi connectivity index (χ1n) is 4.65. The minimum atomic E-state index is -0.839. The second-order valence-electron chi connectivity index (χ2n) is 3.49. The molecule has 1 heterocycles.